The summed E-state index contributed by atoms with van der Waals surface area (Å²) in [6, 6.07) is 4.84. The van der Waals surface area contributed by atoms with Gasteiger partial charge in [-0.3, -0.25) is 0 Å². The summed E-state index contributed by atoms with van der Waals surface area (Å²) in [7, 11) is -1.61. The summed E-state index contributed by atoms with van der Waals surface area (Å²) < 4.78 is 6.18. The van der Waals surface area contributed by atoms with Gasteiger partial charge in [0.1, 0.15) is 13.8 Å². The van der Waals surface area contributed by atoms with Crippen LogP contribution in [-0.4, -0.2) is 23.3 Å². The van der Waals surface area contributed by atoms with Gasteiger partial charge in [0.05, 0.1) is 15.2 Å². The number of aryl methyl sites for hydroxylation is 1. The second-order valence-corrected chi connectivity index (χ2v) is 19.9. The number of ether oxygens (including phenoxy) is 1. The van der Waals surface area contributed by atoms with Gasteiger partial charge in [-0.15, -0.1) is 0 Å². The predicted octanol–water partition coefficient (Wildman–Crippen LogP) is 6.23. The van der Waals surface area contributed by atoms with Crippen molar-refractivity contribution < 1.29 is 4.74 Å². The van der Waals surface area contributed by atoms with Gasteiger partial charge in [0.15, 0.2) is 0 Å². The van der Waals surface area contributed by atoms with Gasteiger partial charge in [0, 0.05) is 0 Å². The summed E-state index contributed by atoms with van der Waals surface area (Å²) in [6.07, 6.45) is 8.29. The lowest BCUT2D eigenvalue weighted by Crippen LogP contribution is -2.54. The van der Waals surface area contributed by atoms with Crippen LogP contribution in [-0.2, 0) is 0 Å². The number of hydrogen-bond donors (Lipinski definition) is 0. The minimum Gasteiger partial charge on any atom is -0.497 e. The van der Waals surface area contributed by atoms with E-state index < -0.39 is 16.1 Å². The van der Waals surface area contributed by atoms with Gasteiger partial charge in [-0.2, -0.15) is 0 Å². The van der Waals surface area contributed by atoms with Crippen LogP contribution in [0.3, 0.4) is 0 Å². The minimum atomic E-state index is -1.80. The van der Waals surface area contributed by atoms with E-state index in [0.29, 0.717) is 5.04 Å². The molecule has 0 N–H and O–H groups in total. The number of benzene rings is 1. The molecule has 0 atom stereocenters. The second-order valence-electron chi connectivity index (χ2n) is 10.3. The van der Waals surface area contributed by atoms with Gasteiger partial charge in [-0.25, -0.2) is 0 Å². The fourth-order valence-corrected chi connectivity index (χ4v) is 9.88. The Balaban J connectivity index is 2.73. The molecule has 150 valence electrons. The smallest absolute Gasteiger partial charge is 0.117 e. The lowest BCUT2D eigenvalue weighted by atomic mass is 10.2. The molecule has 0 radical (unpaired) electrons. The fraction of sp³-hybridized carbons (Fsp3) is 0.583. The molecule has 2 rings (SSSR count). The zero-order valence-electron chi connectivity index (χ0n) is 19.3. The van der Waals surface area contributed by atoms with Crippen molar-refractivity contribution in [3.63, 3.8) is 0 Å². The number of methoxy groups -OCH3 is 1. The van der Waals surface area contributed by atoms with Gasteiger partial charge in [-0.05, 0) is 35.2 Å². The molecule has 0 saturated heterocycles. The lowest BCUT2D eigenvalue weighted by molar-refractivity contribution is 0.420. The first-order valence-electron chi connectivity index (χ1n) is 10.5. The third kappa shape index (κ3) is 4.05. The van der Waals surface area contributed by atoms with Crippen LogP contribution >= 0.6 is 0 Å². The normalized spacial score (nSPS) is 15.6. The average Bonchev–Trinajstić information content (AvgIpc) is 3.02. The van der Waals surface area contributed by atoms with E-state index in [1.54, 1.807) is 10.8 Å². The molecule has 0 saturated carbocycles. The van der Waals surface area contributed by atoms with E-state index in [4.69, 9.17) is 4.74 Å². The van der Waals surface area contributed by atoms with Crippen molar-refractivity contribution >= 4 is 26.5 Å². The lowest BCUT2D eigenvalue weighted by Gasteiger charge is -2.40. The zero-order valence-corrected chi connectivity index (χ0v) is 21.3. The Kier molecular flexibility index (Phi) is 6.38. The minimum absolute atomic E-state index is 0.290. The summed E-state index contributed by atoms with van der Waals surface area (Å²) in [5, 5.41) is 4.99. The first kappa shape index (κ1) is 22.2. The molecule has 0 fully saturated rings. The molecule has 0 aromatic heterocycles. The molecule has 0 heterocycles. The van der Waals surface area contributed by atoms with Gasteiger partial charge < -0.3 is 4.74 Å². The average molecular weight is 401 g/mol. The third-order valence-electron chi connectivity index (χ3n) is 6.96. The molecule has 1 aliphatic rings. The molecular weight excluding hydrogens is 360 g/mol. The molecule has 0 aliphatic heterocycles. The highest BCUT2D eigenvalue weighted by atomic mass is 28.3. The molecule has 0 spiro atoms. The van der Waals surface area contributed by atoms with Gasteiger partial charge in [0.2, 0.25) is 0 Å². The quantitative estimate of drug-likeness (QED) is 0.514. The molecule has 1 aromatic carbocycles. The van der Waals surface area contributed by atoms with E-state index in [0.717, 1.165) is 6.42 Å². The Labute approximate surface area is 169 Å². The molecule has 1 aliphatic carbocycles. The van der Waals surface area contributed by atoms with Gasteiger partial charge >= 0.3 is 0 Å². The Morgan fingerprint density at radius 3 is 2.15 bits per heavy atom. The molecule has 27 heavy (non-hydrogen) atoms. The predicted molar refractivity (Wildman–Crippen MR) is 127 cm³/mol. The van der Waals surface area contributed by atoms with E-state index in [9.17, 15) is 0 Å². The monoisotopic (exact) mass is 400 g/mol. The van der Waals surface area contributed by atoms with Crippen LogP contribution in [0.1, 0.15) is 52.5 Å². The van der Waals surface area contributed by atoms with E-state index in [-0.39, 0.29) is 0 Å². The Morgan fingerprint density at radius 2 is 1.63 bits per heavy atom. The highest BCUT2D eigenvalue weighted by molar-refractivity contribution is 6.98. The maximum absolute atomic E-state index is 6.18. The summed E-state index contributed by atoms with van der Waals surface area (Å²) in [4.78, 5) is 0. The molecule has 0 unspecified atom stereocenters. The van der Waals surface area contributed by atoms with Crippen LogP contribution in [0.5, 0.6) is 5.75 Å². The highest BCUT2D eigenvalue weighted by Crippen LogP contribution is 2.38. The van der Waals surface area contributed by atoms with Crippen molar-refractivity contribution in [3.05, 3.63) is 40.6 Å². The van der Waals surface area contributed by atoms with Crippen LogP contribution in [0.15, 0.2) is 35.1 Å². The summed E-state index contributed by atoms with van der Waals surface area (Å²) in [6.45, 7) is 21.8. The fourth-order valence-electron chi connectivity index (χ4n) is 4.20. The number of rotatable bonds is 6. The molecule has 1 nitrogen and oxygen atoms in total. The van der Waals surface area contributed by atoms with Crippen LogP contribution in [0, 0.1) is 6.92 Å². The van der Waals surface area contributed by atoms with E-state index in [2.05, 4.69) is 85.1 Å². The zero-order chi connectivity index (χ0) is 20.6. The van der Waals surface area contributed by atoms with Gasteiger partial charge in [-0.1, -0.05) is 101 Å². The molecular formula is C24H40OSi2. The van der Waals surface area contributed by atoms with Crippen molar-refractivity contribution in [1.82, 2.24) is 0 Å². The van der Waals surface area contributed by atoms with Crippen molar-refractivity contribution in [2.24, 2.45) is 0 Å². The summed E-state index contributed by atoms with van der Waals surface area (Å²) in [5.41, 5.74) is 2.97. The molecule has 0 bridgehead atoms. The maximum Gasteiger partial charge on any atom is 0.117 e. The first-order valence-corrected chi connectivity index (χ1v) is 16.5. The first-order chi connectivity index (χ1) is 12.4. The Morgan fingerprint density at radius 1 is 1.04 bits per heavy atom. The third-order valence-corrected chi connectivity index (χ3v) is 16.2. The number of hydrogen-bond acceptors (Lipinski definition) is 1. The highest BCUT2D eigenvalue weighted by Gasteiger charge is 2.42. The Bertz CT molecular complexity index is 761. The van der Waals surface area contributed by atoms with Crippen molar-refractivity contribution in [2.75, 3.05) is 7.11 Å². The van der Waals surface area contributed by atoms with E-state index in [1.807, 2.05) is 7.11 Å². The SMILES string of the molecule is CCCC1=C([Si](C)(C)c2cc(C)cc([Si](C)(C)C(C)(C)C)c2OC)CC=C1. The maximum atomic E-state index is 6.18. The standard InChI is InChI=1S/C24H40OSi2/c1-11-13-19-14-12-15-20(19)26(7,8)21-16-18(2)17-22(23(21)25-6)27(9,10)24(3,4)5/h12,14,16-17H,11,13,15H2,1-10H3. The molecule has 3 heteroatoms. The van der Waals surface area contributed by atoms with Crippen molar-refractivity contribution in [2.45, 2.75) is 85.1 Å². The Hall–Kier alpha value is -1.07. The van der Waals surface area contributed by atoms with Crippen LogP contribution in [0.2, 0.25) is 31.2 Å². The van der Waals surface area contributed by atoms with Crippen LogP contribution in [0.4, 0.5) is 0 Å². The van der Waals surface area contributed by atoms with Crippen LogP contribution < -0.4 is 15.1 Å². The van der Waals surface area contributed by atoms with Gasteiger partial charge in [0.25, 0.3) is 0 Å². The summed E-state index contributed by atoms with van der Waals surface area (Å²) in [5.74, 6) is 1.19. The summed E-state index contributed by atoms with van der Waals surface area (Å²) >= 11 is 0. The second kappa shape index (κ2) is 7.75. The topological polar surface area (TPSA) is 9.23 Å². The largest absolute Gasteiger partial charge is 0.497 e. The van der Waals surface area contributed by atoms with E-state index >= 15 is 0 Å². The van der Waals surface area contributed by atoms with E-state index in [1.165, 1.54) is 34.5 Å². The van der Waals surface area contributed by atoms with Crippen molar-refractivity contribution in [1.29, 1.82) is 0 Å². The molecule has 0 amide bonds. The van der Waals surface area contributed by atoms with Crippen LogP contribution in [0.25, 0.3) is 0 Å². The van der Waals surface area contributed by atoms with Crippen molar-refractivity contribution in [3.8, 4) is 5.75 Å². The number of allylic oxidation sites excluding steroid dienone is 4. The molecule has 1 aromatic rings.